The van der Waals surface area contributed by atoms with Crippen LogP contribution in [0.5, 0.6) is 5.75 Å². The second-order valence-corrected chi connectivity index (χ2v) is 4.24. The molecule has 1 atom stereocenters. The topological polar surface area (TPSA) is 58.3 Å². The van der Waals surface area contributed by atoms with Crippen molar-refractivity contribution in [2.75, 3.05) is 6.54 Å². The van der Waals surface area contributed by atoms with Gasteiger partial charge in [-0.15, -0.1) is 0 Å². The maximum Gasteiger partial charge on any atom is 0.211 e. The van der Waals surface area contributed by atoms with Gasteiger partial charge in [0.25, 0.3) is 0 Å². The van der Waals surface area contributed by atoms with Crippen molar-refractivity contribution in [1.29, 1.82) is 0 Å². The van der Waals surface area contributed by atoms with Gasteiger partial charge in [-0.25, -0.2) is 4.98 Å². The standard InChI is InChI=1S/C13H14N2O2/c16-12-6-2-1-4-9(12)11-8-17-13(15-11)10-5-3-7-14-10/h1-2,4,6,8,10,14,16H,3,5,7H2. The molecule has 1 fully saturated rings. The minimum atomic E-state index is 0.217. The molecule has 17 heavy (non-hydrogen) atoms. The molecule has 0 saturated carbocycles. The predicted molar refractivity (Wildman–Crippen MR) is 63.6 cm³/mol. The first-order chi connectivity index (χ1) is 8.34. The molecule has 1 aliphatic rings. The molecular formula is C13H14N2O2. The maximum atomic E-state index is 9.74. The van der Waals surface area contributed by atoms with E-state index in [1.54, 1.807) is 18.4 Å². The number of phenolic OH excluding ortho intramolecular Hbond substituents is 1. The first-order valence-corrected chi connectivity index (χ1v) is 5.82. The van der Waals surface area contributed by atoms with E-state index in [4.69, 9.17) is 4.42 Å². The van der Waals surface area contributed by atoms with Crippen LogP contribution in [0.25, 0.3) is 11.3 Å². The molecule has 3 rings (SSSR count). The van der Waals surface area contributed by atoms with Crippen LogP contribution in [0.15, 0.2) is 34.9 Å². The quantitative estimate of drug-likeness (QED) is 0.832. The molecule has 0 aliphatic carbocycles. The van der Waals surface area contributed by atoms with E-state index in [1.807, 2.05) is 12.1 Å². The number of aromatic hydroxyl groups is 1. The fourth-order valence-corrected chi connectivity index (χ4v) is 2.16. The normalized spacial score (nSPS) is 19.6. The molecule has 4 heteroatoms. The molecule has 0 bridgehead atoms. The van der Waals surface area contributed by atoms with Crippen molar-refractivity contribution >= 4 is 0 Å². The molecule has 4 nitrogen and oxygen atoms in total. The van der Waals surface area contributed by atoms with Gasteiger partial charge in [0.1, 0.15) is 17.7 Å². The van der Waals surface area contributed by atoms with Crippen molar-refractivity contribution in [3.05, 3.63) is 36.4 Å². The fraction of sp³-hybridized carbons (Fsp3) is 0.308. The number of phenols is 1. The third kappa shape index (κ3) is 1.91. The summed E-state index contributed by atoms with van der Waals surface area (Å²) in [7, 11) is 0. The van der Waals surface area contributed by atoms with E-state index in [0.717, 1.165) is 19.4 Å². The van der Waals surface area contributed by atoms with Crippen LogP contribution in [0.3, 0.4) is 0 Å². The number of oxazole rings is 1. The highest BCUT2D eigenvalue weighted by Gasteiger charge is 2.21. The number of nitrogens with one attached hydrogen (secondary N) is 1. The van der Waals surface area contributed by atoms with Crippen LogP contribution in [0.1, 0.15) is 24.8 Å². The highest BCUT2D eigenvalue weighted by Crippen LogP contribution is 2.30. The Bertz CT molecular complexity index is 516. The van der Waals surface area contributed by atoms with Gasteiger partial charge in [-0.05, 0) is 31.5 Å². The summed E-state index contributed by atoms with van der Waals surface area (Å²) in [6.07, 6.45) is 3.81. The number of benzene rings is 1. The lowest BCUT2D eigenvalue weighted by Crippen LogP contribution is -2.12. The van der Waals surface area contributed by atoms with Crippen molar-refractivity contribution < 1.29 is 9.52 Å². The Labute approximate surface area is 99.3 Å². The third-order valence-electron chi connectivity index (χ3n) is 3.06. The molecule has 2 heterocycles. The van der Waals surface area contributed by atoms with E-state index in [0.29, 0.717) is 17.1 Å². The van der Waals surface area contributed by atoms with Crippen LogP contribution < -0.4 is 5.32 Å². The van der Waals surface area contributed by atoms with E-state index < -0.39 is 0 Å². The first kappa shape index (κ1) is 10.4. The van der Waals surface area contributed by atoms with Crippen LogP contribution in [-0.2, 0) is 0 Å². The summed E-state index contributed by atoms with van der Waals surface area (Å²) in [5.41, 5.74) is 1.40. The van der Waals surface area contributed by atoms with Gasteiger partial charge in [0, 0.05) is 5.56 Å². The summed E-state index contributed by atoms with van der Waals surface area (Å²) in [5, 5.41) is 13.1. The van der Waals surface area contributed by atoms with E-state index in [1.165, 1.54) is 0 Å². The lowest BCUT2D eigenvalue weighted by atomic mass is 10.1. The summed E-state index contributed by atoms with van der Waals surface area (Å²) in [5.74, 6) is 0.937. The summed E-state index contributed by atoms with van der Waals surface area (Å²) in [4.78, 5) is 4.43. The zero-order valence-electron chi connectivity index (χ0n) is 9.39. The van der Waals surface area contributed by atoms with Gasteiger partial charge in [0.05, 0.1) is 6.04 Å². The molecule has 2 aromatic rings. The summed E-state index contributed by atoms with van der Waals surface area (Å²) >= 11 is 0. The van der Waals surface area contributed by atoms with Crippen LogP contribution in [0.2, 0.25) is 0 Å². The number of para-hydroxylation sites is 1. The Morgan fingerprint density at radius 3 is 3.00 bits per heavy atom. The molecule has 0 amide bonds. The Morgan fingerprint density at radius 2 is 2.24 bits per heavy atom. The van der Waals surface area contributed by atoms with Crippen molar-refractivity contribution in [2.24, 2.45) is 0 Å². The van der Waals surface area contributed by atoms with Gasteiger partial charge < -0.3 is 14.8 Å². The average molecular weight is 230 g/mol. The number of aromatic nitrogens is 1. The van der Waals surface area contributed by atoms with Gasteiger partial charge in [-0.2, -0.15) is 0 Å². The van der Waals surface area contributed by atoms with Crippen LogP contribution >= 0.6 is 0 Å². The zero-order valence-corrected chi connectivity index (χ0v) is 9.39. The monoisotopic (exact) mass is 230 g/mol. The summed E-state index contributed by atoms with van der Waals surface area (Å²) < 4.78 is 5.47. The molecule has 2 N–H and O–H groups in total. The summed E-state index contributed by atoms with van der Waals surface area (Å²) in [6.45, 7) is 1.01. The second kappa shape index (κ2) is 4.22. The largest absolute Gasteiger partial charge is 0.507 e. The lowest BCUT2D eigenvalue weighted by molar-refractivity contribution is 0.429. The van der Waals surface area contributed by atoms with Gasteiger partial charge >= 0.3 is 0 Å². The van der Waals surface area contributed by atoms with Crippen molar-refractivity contribution in [3.63, 3.8) is 0 Å². The molecule has 1 saturated heterocycles. The smallest absolute Gasteiger partial charge is 0.211 e. The zero-order chi connectivity index (χ0) is 11.7. The molecule has 1 aromatic carbocycles. The average Bonchev–Trinajstić information content (AvgIpc) is 3.00. The molecule has 0 spiro atoms. The van der Waals surface area contributed by atoms with Gasteiger partial charge in [-0.1, -0.05) is 12.1 Å². The molecular weight excluding hydrogens is 216 g/mol. The van der Waals surface area contributed by atoms with E-state index in [-0.39, 0.29) is 11.8 Å². The van der Waals surface area contributed by atoms with Gasteiger partial charge in [-0.3, -0.25) is 0 Å². The SMILES string of the molecule is Oc1ccccc1-c1coc(C2CCCN2)n1. The molecule has 1 aliphatic heterocycles. The van der Waals surface area contributed by atoms with Crippen molar-refractivity contribution in [1.82, 2.24) is 10.3 Å². The van der Waals surface area contributed by atoms with Gasteiger partial charge in [0.2, 0.25) is 5.89 Å². The van der Waals surface area contributed by atoms with E-state index in [9.17, 15) is 5.11 Å². The summed E-state index contributed by atoms with van der Waals surface area (Å²) in [6, 6.07) is 7.36. The molecule has 88 valence electrons. The van der Waals surface area contributed by atoms with Crippen molar-refractivity contribution in [2.45, 2.75) is 18.9 Å². The highest BCUT2D eigenvalue weighted by atomic mass is 16.3. The first-order valence-electron chi connectivity index (χ1n) is 5.82. The minimum absolute atomic E-state index is 0.217. The van der Waals surface area contributed by atoms with Crippen LogP contribution in [0, 0.1) is 0 Å². The lowest BCUT2D eigenvalue weighted by Gasteiger charge is -2.03. The Morgan fingerprint density at radius 1 is 1.35 bits per heavy atom. The molecule has 0 radical (unpaired) electrons. The Balaban J connectivity index is 1.92. The van der Waals surface area contributed by atoms with Crippen molar-refractivity contribution in [3.8, 4) is 17.0 Å². The highest BCUT2D eigenvalue weighted by molar-refractivity contribution is 5.65. The van der Waals surface area contributed by atoms with E-state index >= 15 is 0 Å². The van der Waals surface area contributed by atoms with Gasteiger partial charge in [0.15, 0.2) is 0 Å². The number of nitrogens with zero attached hydrogens (tertiary/aromatic N) is 1. The molecule has 1 unspecified atom stereocenters. The number of hydrogen-bond acceptors (Lipinski definition) is 4. The minimum Gasteiger partial charge on any atom is -0.507 e. The maximum absolute atomic E-state index is 9.74. The third-order valence-corrected chi connectivity index (χ3v) is 3.06. The van der Waals surface area contributed by atoms with Crippen LogP contribution in [0.4, 0.5) is 0 Å². The Kier molecular flexibility index (Phi) is 2.57. The fourth-order valence-electron chi connectivity index (χ4n) is 2.16. The number of hydrogen-bond donors (Lipinski definition) is 2. The second-order valence-electron chi connectivity index (χ2n) is 4.24. The Hall–Kier alpha value is -1.81. The predicted octanol–water partition coefficient (Wildman–Crippen LogP) is 2.47. The van der Waals surface area contributed by atoms with Crippen LogP contribution in [-0.4, -0.2) is 16.6 Å². The number of rotatable bonds is 2. The van der Waals surface area contributed by atoms with E-state index in [2.05, 4.69) is 10.3 Å². The molecule has 1 aromatic heterocycles.